The number of hydrogen-bond acceptors (Lipinski definition) is 3. The molecule has 0 aromatic carbocycles. The molecule has 104 valence electrons. The Bertz CT molecular complexity index is 779. The summed E-state index contributed by atoms with van der Waals surface area (Å²) >= 11 is 6.15. The van der Waals surface area contributed by atoms with E-state index in [2.05, 4.69) is 35.8 Å². The summed E-state index contributed by atoms with van der Waals surface area (Å²) < 4.78 is 3.89. The Morgan fingerprint density at radius 2 is 2.00 bits per heavy atom. The molecule has 3 aromatic rings. The summed E-state index contributed by atoms with van der Waals surface area (Å²) in [6.45, 7) is 6.33. The highest BCUT2D eigenvalue weighted by Crippen LogP contribution is 2.27. The smallest absolute Gasteiger partial charge is 0.154 e. The third-order valence-electron chi connectivity index (χ3n) is 3.27. The number of rotatable bonds is 1. The van der Waals surface area contributed by atoms with Gasteiger partial charge in [0, 0.05) is 19.4 Å². The van der Waals surface area contributed by atoms with Gasteiger partial charge >= 0.3 is 0 Å². The van der Waals surface area contributed by atoms with E-state index >= 15 is 0 Å². The molecule has 0 unspecified atom stereocenters. The molecule has 0 fully saturated rings. The summed E-state index contributed by atoms with van der Waals surface area (Å²) in [5, 5.41) is 4.88. The highest BCUT2D eigenvalue weighted by Gasteiger charge is 2.18. The summed E-state index contributed by atoms with van der Waals surface area (Å²) in [6, 6.07) is 1.86. The van der Waals surface area contributed by atoms with Crippen LogP contribution in [0.2, 0.25) is 5.15 Å². The standard InChI is InChI=1S/C14H16ClN5/c1-14(2,3)20-8-9(7-17-20)13-18-10-5-6-16-12(15)11(10)19(13)4/h5-8H,1-4H3. The number of pyridine rings is 1. The molecule has 0 atom stereocenters. The van der Waals surface area contributed by atoms with E-state index in [4.69, 9.17) is 11.6 Å². The second kappa shape index (κ2) is 4.31. The van der Waals surface area contributed by atoms with Crippen molar-refractivity contribution in [3.63, 3.8) is 0 Å². The van der Waals surface area contributed by atoms with Crippen molar-refractivity contribution in [2.45, 2.75) is 26.3 Å². The van der Waals surface area contributed by atoms with Gasteiger partial charge in [-0.15, -0.1) is 0 Å². The van der Waals surface area contributed by atoms with Crippen LogP contribution < -0.4 is 0 Å². The zero-order valence-electron chi connectivity index (χ0n) is 11.9. The fourth-order valence-electron chi connectivity index (χ4n) is 2.18. The highest BCUT2D eigenvalue weighted by atomic mass is 35.5. The molecule has 0 spiro atoms. The summed E-state index contributed by atoms with van der Waals surface area (Å²) in [7, 11) is 1.94. The second-order valence-corrected chi connectivity index (χ2v) is 6.17. The van der Waals surface area contributed by atoms with Crippen LogP contribution in [0.4, 0.5) is 0 Å². The average molecular weight is 290 g/mol. The van der Waals surface area contributed by atoms with Crippen molar-refractivity contribution in [3.8, 4) is 11.4 Å². The molecule has 0 aliphatic rings. The van der Waals surface area contributed by atoms with Crippen molar-refractivity contribution in [2.75, 3.05) is 0 Å². The van der Waals surface area contributed by atoms with Gasteiger partial charge < -0.3 is 4.57 Å². The molecule has 0 bridgehead atoms. The Morgan fingerprint density at radius 3 is 2.60 bits per heavy atom. The number of fused-ring (bicyclic) bond motifs is 1. The third kappa shape index (κ3) is 1.98. The molecule has 20 heavy (non-hydrogen) atoms. The Labute approximate surface area is 122 Å². The van der Waals surface area contributed by atoms with Crippen LogP contribution in [0.3, 0.4) is 0 Å². The molecule has 0 N–H and O–H groups in total. The lowest BCUT2D eigenvalue weighted by atomic mass is 10.1. The number of hydrogen-bond donors (Lipinski definition) is 0. The molecule has 0 radical (unpaired) electrons. The molecule has 3 aromatic heterocycles. The molecule has 0 saturated carbocycles. The van der Waals surface area contributed by atoms with Gasteiger partial charge in [-0.05, 0) is 26.8 Å². The van der Waals surface area contributed by atoms with E-state index in [0.717, 1.165) is 22.4 Å². The lowest BCUT2D eigenvalue weighted by Crippen LogP contribution is -2.21. The van der Waals surface area contributed by atoms with Gasteiger partial charge in [-0.1, -0.05) is 11.6 Å². The van der Waals surface area contributed by atoms with E-state index in [1.54, 1.807) is 6.20 Å². The molecule has 0 saturated heterocycles. The van der Waals surface area contributed by atoms with Gasteiger partial charge in [-0.3, -0.25) is 4.68 Å². The fraction of sp³-hybridized carbons (Fsp3) is 0.357. The van der Waals surface area contributed by atoms with E-state index in [1.807, 2.05) is 34.8 Å². The molecule has 6 heteroatoms. The highest BCUT2D eigenvalue weighted by molar-refractivity contribution is 6.33. The lowest BCUT2D eigenvalue weighted by molar-refractivity contribution is 0.355. The number of aryl methyl sites for hydroxylation is 1. The monoisotopic (exact) mass is 289 g/mol. The largest absolute Gasteiger partial charge is 0.324 e. The zero-order valence-corrected chi connectivity index (χ0v) is 12.7. The number of nitrogens with zero attached hydrogens (tertiary/aromatic N) is 5. The first-order valence-corrected chi connectivity index (χ1v) is 6.78. The van der Waals surface area contributed by atoms with Gasteiger partial charge in [0.25, 0.3) is 0 Å². The van der Waals surface area contributed by atoms with Crippen molar-refractivity contribution in [1.82, 2.24) is 24.3 Å². The predicted octanol–water partition coefficient (Wildman–Crippen LogP) is 3.24. The van der Waals surface area contributed by atoms with Gasteiger partial charge in [-0.25, -0.2) is 9.97 Å². The van der Waals surface area contributed by atoms with Crippen molar-refractivity contribution >= 4 is 22.6 Å². The predicted molar refractivity (Wildman–Crippen MR) is 79.7 cm³/mol. The summed E-state index contributed by atoms with van der Waals surface area (Å²) in [4.78, 5) is 8.73. The SMILES string of the molecule is Cn1c(-c2cnn(C(C)(C)C)c2)nc2ccnc(Cl)c21. The first-order chi connectivity index (χ1) is 9.38. The molecule has 5 nitrogen and oxygen atoms in total. The van der Waals surface area contributed by atoms with Crippen LogP contribution in [0.25, 0.3) is 22.4 Å². The van der Waals surface area contributed by atoms with Gasteiger partial charge in [0.2, 0.25) is 0 Å². The minimum Gasteiger partial charge on any atom is -0.324 e. The number of halogens is 1. The maximum atomic E-state index is 6.15. The maximum absolute atomic E-state index is 6.15. The zero-order chi connectivity index (χ0) is 14.5. The molecule has 0 aliphatic carbocycles. The minimum atomic E-state index is -0.0535. The Morgan fingerprint density at radius 1 is 1.25 bits per heavy atom. The topological polar surface area (TPSA) is 48.5 Å². The van der Waals surface area contributed by atoms with Crippen LogP contribution in [-0.4, -0.2) is 24.3 Å². The average Bonchev–Trinajstić information content (AvgIpc) is 2.94. The van der Waals surface area contributed by atoms with Gasteiger partial charge in [-0.2, -0.15) is 5.10 Å². The van der Waals surface area contributed by atoms with Crippen molar-refractivity contribution in [2.24, 2.45) is 7.05 Å². The molecule has 0 amide bonds. The van der Waals surface area contributed by atoms with E-state index in [-0.39, 0.29) is 5.54 Å². The quantitative estimate of drug-likeness (QED) is 0.646. The van der Waals surface area contributed by atoms with Crippen LogP contribution in [0, 0.1) is 0 Å². The van der Waals surface area contributed by atoms with E-state index in [0.29, 0.717) is 5.15 Å². The molecular weight excluding hydrogens is 274 g/mol. The van der Waals surface area contributed by atoms with Crippen LogP contribution >= 0.6 is 11.6 Å². The lowest BCUT2D eigenvalue weighted by Gasteiger charge is -2.18. The summed E-state index contributed by atoms with van der Waals surface area (Å²) in [6.07, 6.45) is 5.50. The number of imidazole rings is 1. The molecule has 3 rings (SSSR count). The van der Waals surface area contributed by atoms with E-state index in [1.165, 1.54) is 0 Å². The Balaban J connectivity index is 2.18. The van der Waals surface area contributed by atoms with E-state index in [9.17, 15) is 0 Å². The summed E-state index contributed by atoms with van der Waals surface area (Å²) in [5.41, 5.74) is 2.59. The molecular formula is C14H16ClN5. The van der Waals surface area contributed by atoms with Crippen molar-refractivity contribution < 1.29 is 0 Å². The Kier molecular flexibility index (Phi) is 2.83. The molecule has 3 heterocycles. The fourth-order valence-corrected chi connectivity index (χ4v) is 2.46. The van der Waals surface area contributed by atoms with Gasteiger partial charge in [0.05, 0.1) is 22.8 Å². The first kappa shape index (κ1) is 13.1. The second-order valence-electron chi connectivity index (χ2n) is 5.81. The van der Waals surface area contributed by atoms with Crippen LogP contribution in [0.5, 0.6) is 0 Å². The van der Waals surface area contributed by atoms with Crippen LogP contribution in [0.15, 0.2) is 24.7 Å². The van der Waals surface area contributed by atoms with E-state index < -0.39 is 0 Å². The van der Waals surface area contributed by atoms with Crippen LogP contribution in [-0.2, 0) is 12.6 Å². The first-order valence-electron chi connectivity index (χ1n) is 6.40. The Hall–Kier alpha value is -1.88. The van der Waals surface area contributed by atoms with Crippen molar-refractivity contribution in [3.05, 3.63) is 29.8 Å². The minimum absolute atomic E-state index is 0.0535. The number of aromatic nitrogens is 5. The van der Waals surface area contributed by atoms with Crippen LogP contribution in [0.1, 0.15) is 20.8 Å². The normalized spacial score (nSPS) is 12.2. The third-order valence-corrected chi connectivity index (χ3v) is 3.54. The van der Waals surface area contributed by atoms with Gasteiger partial charge in [0.1, 0.15) is 11.3 Å². The molecule has 0 aliphatic heterocycles. The maximum Gasteiger partial charge on any atom is 0.154 e. The van der Waals surface area contributed by atoms with Crippen molar-refractivity contribution in [1.29, 1.82) is 0 Å². The van der Waals surface area contributed by atoms with Gasteiger partial charge in [0.15, 0.2) is 5.15 Å². The summed E-state index contributed by atoms with van der Waals surface area (Å²) in [5.74, 6) is 0.838.